The van der Waals surface area contributed by atoms with E-state index in [9.17, 15) is 4.79 Å². The van der Waals surface area contributed by atoms with Crippen LogP contribution in [0.25, 0.3) is 0 Å². The van der Waals surface area contributed by atoms with E-state index in [-0.39, 0.29) is 12.5 Å². The Labute approximate surface area is 109 Å². The number of carbonyl (C=O) groups is 1. The third-order valence-electron chi connectivity index (χ3n) is 2.06. The molecule has 0 spiro atoms. The number of anilines is 2. The third kappa shape index (κ3) is 5.06. The van der Waals surface area contributed by atoms with Crippen molar-refractivity contribution in [3.8, 4) is 0 Å². The molecule has 6 heteroatoms. The maximum absolute atomic E-state index is 11.4. The Morgan fingerprint density at radius 2 is 2.29 bits per heavy atom. The largest absolute Gasteiger partial charge is 0.399 e. The zero-order valence-electron chi connectivity index (χ0n) is 9.63. The predicted molar refractivity (Wildman–Crippen MR) is 71.9 cm³/mol. The molecule has 1 aromatic rings. The standard InChI is InChI=1S/C11H16BrN3O2/c1-17-5-4-14-11(16)7-15-10-3-2-8(13)6-9(10)12/h2-3,6,15H,4-5,7,13H2,1H3,(H,14,16). The molecule has 1 amide bonds. The van der Waals surface area contributed by atoms with Crippen molar-refractivity contribution in [3.05, 3.63) is 22.7 Å². The maximum Gasteiger partial charge on any atom is 0.239 e. The maximum atomic E-state index is 11.4. The lowest BCUT2D eigenvalue weighted by Crippen LogP contribution is -2.32. The van der Waals surface area contributed by atoms with Crippen LogP contribution in [0.5, 0.6) is 0 Å². The molecule has 0 aliphatic heterocycles. The van der Waals surface area contributed by atoms with Crippen LogP contribution in [-0.2, 0) is 9.53 Å². The van der Waals surface area contributed by atoms with Crippen LogP contribution in [0.3, 0.4) is 0 Å². The van der Waals surface area contributed by atoms with Gasteiger partial charge in [-0.05, 0) is 34.1 Å². The van der Waals surface area contributed by atoms with Gasteiger partial charge in [0.2, 0.25) is 5.91 Å². The van der Waals surface area contributed by atoms with Gasteiger partial charge in [-0.15, -0.1) is 0 Å². The molecule has 0 saturated carbocycles. The number of hydrogen-bond donors (Lipinski definition) is 3. The van der Waals surface area contributed by atoms with Gasteiger partial charge < -0.3 is 21.1 Å². The van der Waals surface area contributed by atoms with Crippen molar-refractivity contribution in [2.75, 3.05) is 37.9 Å². The first kappa shape index (κ1) is 13.8. The second-order valence-electron chi connectivity index (χ2n) is 3.44. The van der Waals surface area contributed by atoms with Crippen LogP contribution in [0, 0.1) is 0 Å². The van der Waals surface area contributed by atoms with E-state index < -0.39 is 0 Å². The Balaban J connectivity index is 2.37. The molecular weight excluding hydrogens is 286 g/mol. The minimum absolute atomic E-state index is 0.0780. The van der Waals surface area contributed by atoms with Crippen LogP contribution in [0.15, 0.2) is 22.7 Å². The Bertz CT molecular complexity index is 385. The molecule has 0 saturated heterocycles. The first-order chi connectivity index (χ1) is 8.13. The summed E-state index contributed by atoms with van der Waals surface area (Å²) in [5, 5.41) is 5.73. The number of methoxy groups -OCH3 is 1. The molecule has 94 valence electrons. The molecule has 0 aliphatic carbocycles. The Morgan fingerprint density at radius 3 is 2.94 bits per heavy atom. The van der Waals surface area contributed by atoms with Gasteiger partial charge >= 0.3 is 0 Å². The van der Waals surface area contributed by atoms with E-state index in [1.54, 1.807) is 19.2 Å². The number of rotatable bonds is 6. The number of nitrogen functional groups attached to an aromatic ring is 1. The molecule has 0 heterocycles. The average molecular weight is 302 g/mol. The summed E-state index contributed by atoms with van der Waals surface area (Å²) >= 11 is 3.37. The molecule has 0 aromatic heterocycles. The summed E-state index contributed by atoms with van der Waals surface area (Å²) in [5.41, 5.74) is 7.12. The monoisotopic (exact) mass is 301 g/mol. The SMILES string of the molecule is COCCNC(=O)CNc1ccc(N)cc1Br. The van der Waals surface area contributed by atoms with Crippen molar-refractivity contribution < 1.29 is 9.53 Å². The van der Waals surface area contributed by atoms with Gasteiger partial charge in [-0.3, -0.25) is 4.79 Å². The number of benzene rings is 1. The fraction of sp³-hybridized carbons (Fsp3) is 0.364. The Hall–Kier alpha value is -1.27. The first-order valence-electron chi connectivity index (χ1n) is 5.18. The highest BCUT2D eigenvalue weighted by Crippen LogP contribution is 2.24. The zero-order chi connectivity index (χ0) is 12.7. The molecule has 1 aromatic carbocycles. The fourth-order valence-electron chi connectivity index (χ4n) is 1.21. The lowest BCUT2D eigenvalue weighted by Gasteiger charge is -2.09. The number of carbonyl (C=O) groups excluding carboxylic acids is 1. The summed E-state index contributed by atoms with van der Waals surface area (Å²) < 4.78 is 5.67. The van der Waals surface area contributed by atoms with E-state index in [0.717, 1.165) is 10.2 Å². The number of hydrogen-bond acceptors (Lipinski definition) is 4. The smallest absolute Gasteiger partial charge is 0.239 e. The second-order valence-corrected chi connectivity index (χ2v) is 4.29. The molecule has 0 atom stereocenters. The molecule has 0 unspecified atom stereocenters. The number of nitrogens with two attached hydrogens (primary N) is 1. The van der Waals surface area contributed by atoms with Gasteiger partial charge in [0.1, 0.15) is 0 Å². The van der Waals surface area contributed by atoms with E-state index in [4.69, 9.17) is 10.5 Å². The van der Waals surface area contributed by atoms with Gasteiger partial charge in [0.05, 0.1) is 13.2 Å². The van der Waals surface area contributed by atoms with Crippen LogP contribution in [-0.4, -0.2) is 32.7 Å². The number of amides is 1. The molecule has 0 fully saturated rings. The molecule has 17 heavy (non-hydrogen) atoms. The van der Waals surface area contributed by atoms with Gasteiger partial charge in [-0.2, -0.15) is 0 Å². The zero-order valence-corrected chi connectivity index (χ0v) is 11.2. The molecular formula is C11H16BrN3O2. The lowest BCUT2D eigenvalue weighted by molar-refractivity contribution is -0.119. The molecule has 5 nitrogen and oxygen atoms in total. The molecule has 0 radical (unpaired) electrons. The predicted octanol–water partition coefficient (Wildman–Crippen LogP) is 1.21. The van der Waals surface area contributed by atoms with E-state index in [0.29, 0.717) is 18.8 Å². The van der Waals surface area contributed by atoms with Gasteiger partial charge in [0, 0.05) is 29.5 Å². The third-order valence-corrected chi connectivity index (χ3v) is 2.72. The Kier molecular flexibility index (Phi) is 5.79. The van der Waals surface area contributed by atoms with Gasteiger partial charge in [-0.25, -0.2) is 0 Å². The van der Waals surface area contributed by atoms with Crippen molar-refractivity contribution >= 4 is 33.2 Å². The van der Waals surface area contributed by atoms with Crippen molar-refractivity contribution in [2.45, 2.75) is 0 Å². The Morgan fingerprint density at radius 1 is 1.53 bits per heavy atom. The highest BCUT2D eigenvalue weighted by molar-refractivity contribution is 9.10. The van der Waals surface area contributed by atoms with Crippen molar-refractivity contribution in [2.24, 2.45) is 0 Å². The summed E-state index contributed by atoms with van der Waals surface area (Å²) in [4.78, 5) is 11.4. The average Bonchev–Trinajstić information content (AvgIpc) is 2.28. The van der Waals surface area contributed by atoms with Crippen LogP contribution in [0.2, 0.25) is 0 Å². The normalized spacial score (nSPS) is 10.0. The van der Waals surface area contributed by atoms with E-state index in [1.807, 2.05) is 6.07 Å². The quantitative estimate of drug-likeness (QED) is 0.545. The minimum atomic E-state index is -0.0780. The lowest BCUT2D eigenvalue weighted by atomic mass is 10.3. The number of halogens is 1. The molecule has 4 N–H and O–H groups in total. The van der Waals surface area contributed by atoms with E-state index >= 15 is 0 Å². The molecule has 1 rings (SSSR count). The van der Waals surface area contributed by atoms with Crippen molar-refractivity contribution in [3.63, 3.8) is 0 Å². The number of ether oxygens (including phenoxy) is 1. The summed E-state index contributed by atoms with van der Waals surface area (Å²) in [6, 6.07) is 5.38. The van der Waals surface area contributed by atoms with E-state index in [1.165, 1.54) is 0 Å². The summed E-state index contributed by atoms with van der Waals surface area (Å²) in [5.74, 6) is -0.0780. The topological polar surface area (TPSA) is 76.4 Å². The minimum Gasteiger partial charge on any atom is -0.399 e. The van der Waals surface area contributed by atoms with Gasteiger partial charge in [0.15, 0.2) is 0 Å². The van der Waals surface area contributed by atoms with Crippen molar-refractivity contribution in [1.29, 1.82) is 0 Å². The van der Waals surface area contributed by atoms with Gasteiger partial charge in [-0.1, -0.05) is 0 Å². The summed E-state index contributed by atoms with van der Waals surface area (Å²) in [6.45, 7) is 1.24. The fourth-order valence-corrected chi connectivity index (χ4v) is 1.74. The van der Waals surface area contributed by atoms with Gasteiger partial charge in [0.25, 0.3) is 0 Å². The second kappa shape index (κ2) is 7.13. The molecule has 0 aliphatic rings. The van der Waals surface area contributed by atoms with Crippen LogP contribution in [0.4, 0.5) is 11.4 Å². The first-order valence-corrected chi connectivity index (χ1v) is 5.97. The van der Waals surface area contributed by atoms with Crippen LogP contribution in [0.1, 0.15) is 0 Å². The summed E-state index contributed by atoms with van der Waals surface area (Å²) in [7, 11) is 1.59. The highest BCUT2D eigenvalue weighted by atomic mass is 79.9. The molecule has 0 bridgehead atoms. The van der Waals surface area contributed by atoms with E-state index in [2.05, 4.69) is 26.6 Å². The van der Waals surface area contributed by atoms with Crippen molar-refractivity contribution in [1.82, 2.24) is 5.32 Å². The number of nitrogens with one attached hydrogen (secondary N) is 2. The van der Waals surface area contributed by atoms with Crippen LogP contribution < -0.4 is 16.4 Å². The highest BCUT2D eigenvalue weighted by Gasteiger charge is 2.03. The van der Waals surface area contributed by atoms with Crippen LogP contribution >= 0.6 is 15.9 Å². The summed E-state index contributed by atoms with van der Waals surface area (Å²) in [6.07, 6.45) is 0.